The fourth-order valence-corrected chi connectivity index (χ4v) is 5.74. The lowest BCUT2D eigenvalue weighted by molar-refractivity contribution is 0.158. The third kappa shape index (κ3) is 5.11. The number of anilines is 2. The molecule has 0 spiro atoms. The van der Waals surface area contributed by atoms with Crippen molar-refractivity contribution in [2.24, 2.45) is 17.8 Å². The van der Waals surface area contributed by atoms with Crippen molar-refractivity contribution in [2.75, 3.05) is 11.5 Å². The van der Waals surface area contributed by atoms with Crippen molar-refractivity contribution in [1.82, 2.24) is 0 Å². The molecule has 4 N–H and O–H groups in total. The standard InChI is InChI=1S/C27H38N2O/c1-2-19-3-5-20(6-4-19)21-7-9-22(10-8-21)23-11-14-26(15-12-23)30-18-24-17-25(28)13-16-27(24)29/h11-17,19-22H,2-10,18,28-29H2,1H3. The molecule has 0 radical (unpaired) electrons. The van der Waals surface area contributed by atoms with Gasteiger partial charge in [0.15, 0.2) is 0 Å². The van der Waals surface area contributed by atoms with Gasteiger partial charge in [-0.25, -0.2) is 0 Å². The molecule has 2 aliphatic carbocycles. The molecule has 3 nitrogen and oxygen atoms in total. The average molecular weight is 407 g/mol. The summed E-state index contributed by atoms with van der Waals surface area (Å²) in [6, 6.07) is 14.3. The minimum absolute atomic E-state index is 0.446. The predicted octanol–water partition coefficient (Wildman–Crippen LogP) is 6.92. The normalized spacial score (nSPS) is 27.0. The maximum absolute atomic E-state index is 6.02. The number of nitrogens with two attached hydrogens (primary N) is 2. The number of hydrogen-bond acceptors (Lipinski definition) is 3. The second-order valence-corrected chi connectivity index (χ2v) is 9.62. The van der Waals surface area contributed by atoms with Crippen LogP contribution < -0.4 is 16.2 Å². The quantitative estimate of drug-likeness (QED) is 0.512. The van der Waals surface area contributed by atoms with Crippen molar-refractivity contribution in [2.45, 2.75) is 77.2 Å². The van der Waals surface area contributed by atoms with E-state index in [9.17, 15) is 0 Å². The molecule has 3 heteroatoms. The monoisotopic (exact) mass is 406 g/mol. The van der Waals surface area contributed by atoms with Crippen molar-refractivity contribution < 1.29 is 4.74 Å². The van der Waals surface area contributed by atoms with Crippen LogP contribution >= 0.6 is 0 Å². The molecule has 30 heavy (non-hydrogen) atoms. The smallest absolute Gasteiger partial charge is 0.119 e. The number of rotatable bonds is 6. The molecular formula is C27H38N2O. The maximum Gasteiger partial charge on any atom is 0.119 e. The highest BCUT2D eigenvalue weighted by Gasteiger charge is 2.30. The van der Waals surface area contributed by atoms with E-state index in [1.807, 2.05) is 18.2 Å². The lowest BCUT2D eigenvalue weighted by atomic mass is 9.68. The fraction of sp³-hybridized carbons (Fsp3) is 0.556. The molecule has 2 fully saturated rings. The first kappa shape index (κ1) is 21.1. The van der Waals surface area contributed by atoms with E-state index in [2.05, 4.69) is 31.2 Å². The Morgan fingerprint density at radius 2 is 1.43 bits per heavy atom. The summed E-state index contributed by atoms with van der Waals surface area (Å²) in [5.41, 5.74) is 15.7. The van der Waals surface area contributed by atoms with Gasteiger partial charge in [-0.3, -0.25) is 0 Å². The van der Waals surface area contributed by atoms with Gasteiger partial charge in [-0.05, 0) is 98.1 Å². The minimum Gasteiger partial charge on any atom is -0.489 e. The molecule has 0 bridgehead atoms. The Balaban J connectivity index is 1.26. The number of ether oxygens (including phenoxy) is 1. The maximum atomic E-state index is 6.02. The van der Waals surface area contributed by atoms with Crippen molar-refractivity contribution in [3.05, 3.63) is 53.6 Å². The van der Waals surface area contributed by atoms with E-state index >= 15 is 0 Å². The Morgan fingerprint density at radius 3 is 2.07 bits per heavy atom. The lowest BCUT2D eigenvalue weighted by Gasteiger charge is -2.38. The summed E-state index contributed by atoms with van der Waals surface area (Å²) in [5, 5.41) is 0. The van der Waals surface area contributed by atoms with E-state index < -0.39 is 0 Å². The van der Waals surface area contributed by atoms with Crippen molar-refractivity contribution in [3.8, 4) is 5.75 Å². The highest BCUT2D eigenvalue weighted by molar-refractivity contribution is 5.55. The van der Waals surface area contributed by atoms with Crippen molar-refractivity contribution >= 4 is 11.4 Å². The predicted molar refractivity (Wildman–Crippen MR) is 126 cm³/mol. The van der Waals surface area contributed by atoms with Gasteiger partial charge in [0.2, 0.25) is 0 Å². The van der Waals surface area contributed by atoms with Crippen LogP contribution in [-0.2, 0) is 6.61 Å². The number of benzene rings is 2. The first-order valence-electron chi connectivity index (χ1n) is 12.0. The Bertz CT molecular complexity index is 800. The minimum atomic E-state index is 0.446. The van der Waals surface area contributed by atoms with Gasteiger partial charge in [-0.1, -0.05) is 38.3 Å². The van der Waals surface area contributed by atoms with Crippen LogP contribution in [0.15, 0.2) is 42.5 Å². The average Bonchev–Trinajstić information content (AvgIpc) is 2.80. The second kappa shape index (κ2) is 9.76. The van der Waals surface area contributed by atoms with Crippen LogP contribution in [0.2, 0.25) is 0 Å². The summed E-state index contributed by atoms with van der Waals surface area (Å²) in [7, 11) is 0. The van der Waals surface area contributed by atoms with Gasteiger partial charge in [-0.2, -0.15) is 0 Å². The summed E-state index contributed by atoms with van der Waals surface area (Å²) < 4.78 is 5.95. The van der Waals surface area contributed by atoms with Crippen LogP contribution in [0.3, 0.4) is 0 Å². The zero-order chi connectivity index (χ0) is 20.9. The van der Waals surface area contributed by atoms with Crippen LogP contribution in [0.4, 0.5) is 11.4 Å². The molecule has 0 atom stereocenters. The molecule has 0 saturated heterocycles. The van der Waals surface area contributed by atoms with Gasteiger partial charge in [0.05, 0.1) is 0 Å². The van der Waals surface area contributed by atoms with E-state index in [1.54, 1.807) is 0 Å². The molecule has 0 aromatic heterocycles. The summed E-state index contributed by atoms with van der Waals surface area (Å²) in [4.78, 5) is 0. The van der Waals surface area contributed by atoms with Gasteiger partial charge in [0, 0.05) is 16.9 Å². The van der Waals surface area contributed by atoms with Crippen LogP contribution in [0.25, 0.3) is 0 Å². The third-order valence-electron chi connectivity index (χ3n) is 7.82. The van der Waals surface area contributed by atoms with Crippen LogP contribution in [-0.4, -0.2) is 0 Å². The van der Waals surface area contributed by atoms with Crippen molar-refractivity contribution in [1.29, 1.82) is 0 Å². The third-order valence-corrected chi connectivity index (χ3v) is 7.82. The molecular weight excluding hydrogens is 368 g/mol. The zero-order valence-corrected chi connectivity index (χ0v) is 18.5. The van der Waals surface area contributed by atoms with Gasteiger partial charge in [0.1, 0.15) is 12.4 Å². The molecule has 0 amide bonds. The highest BCUT2D eigenvalue weighted by atomic mass is 16.5. The zero-order valence-electron chi connectivity index (χ0n) is 18.5. The molecule has 162 valence electrons. The fourth-order valence-electron chi connectivity index (χ4n) is 5.74. The van der Waals surface area contributed by atoms with Gasteiger partial charge in [-0.15, -0.1) is 0 Å². The topological polar surface area (TPSA) is 61.3 Å². The first-order valence-corrected chi connectivity index (χ1v) is 12.0. The molecule has 0 unspecified atom stereocenters. The largest absolute Gasteiger partial charge is 0.489 e. The first-order chi connectivity index (χ1) is 14.6. The molecule has 4 rings (SSSR count). The summed E-state index contributed by atoms with van der Waals surface area (Å²) in [6.45, 7) is 2.81. The van der Waals surface area contributed by atoms with E-state index in [0.29, 0.717) is 18.2 Å². The van der Waals surface area contributed by atoms with Gasteiger partial charge < -0.3 is 16.2 Å². The Hall–Kier alpha value is -2.16. The summed E-state index contributed by atoms with van der Waals surface area (Å²) in [6.07, 6.45) is 12.8. The van der Waals surface area contributed by atoms with Crippen LogP contribution in [0.1, 0.15) is 81.8 Å². The second-order valence-electron chi connectivity index (χ2n) is 9.62. The molecule has 2 aromatic carbocycles. The van der Waals surface area contributed by atoms with Gasteiger partial charge >= 0.3 is 0 Å². The van der Waals surface area contributed by atoms with Crippen molar-refractivity contribution in [3.63, 3.8) is 0 Å². The summed E-state index contributed by atoms with van der Waals surface area (Å²) in [5.74, 6) is 4.59. The number of hydrogen-bond donors (Lipinski definition) is 2. The van der Waals surface area contributed by atoms with E-state index in [4.69, 9.17) is 16.2 Å². The Morgan fingerprint density at radius 1 is 0.800 bits per heavy atom. The summed E-state index contributed by atoms with van der Waals surface area (Å²) >= 11 is 0. The van der Waals surface area contributed by atoms with E-state index in [1.165, 1.54) is 63.4 Å². The molecule has 2 saturated carbocycles. The molecule has 0 aliphatic heterocycles. The molecule has 2 aromatic rings. The van der Waals surface area contributed by atoms with E-state index in [0.717, 1.165) is 34.8 Å². The van der Waals surface area contributed by atoms with E-state index in [-0.39, 0.29) is 0 Å². The SMILES string of the molecule is CCC1CCC(C2CCC(c3ccc(OCc4cc(N)ccc4N)cc3)CC2)CC1. The Kier molecular flexibility index (Phi) is 6.86. The lowest BCUT2D eigenvalue weighted by Crippen LogP contribution is -2.25. The molecule has 0 heterocycles. The highest BCUT2D eigenvalue weighted by Crippen LogP contribution is 2.44. The Labute approximate surface area is 182 Å². The van der Waals surface area contributed by atoms with Crippen LogP contribution in [0.5, 0.6) is 5.75 Å². The molecule has 2 aliphatic rings. The van der Waals surface area contributed by atoms with Gasteiger partial charge in [0.25, 0.3) is 0 Å². The number of nitrogen functional groups attached to an aromatic ring is 2. The van der Waals surface area contributed by atoms with Crippen LogP contribution in [0, 0.1) is 17.8 Å².